The van der Waals surface area contributed by atoms with Gasteiger partial charge in [-0.3, -0.25) is 14.4 Å². The number of carbonyl (C=O) groups excluding carboxylic acids is 3. The average Bonchev–Trinajstić information content (AvgIpc) is 3.34. The van der Waals surface area contributed by atoms with Crippen LogP contribution in [0.15, 0.2) is 48.6 Å². The molecule has 0 aromatic heterocycles. The summed E-state index contributed by atoms with van der Waals surface area (Å²) in [4.78, 5) is 38.1. The number of carbonyl (C=O) groups is 3. The predicted molar refractivity (Wildman–Crippen MR) is 293 cm³/mol. The van der Waals surface area contributed by atoms with E-state index in [1.165, 1.54) is 199 Å². The van der Waals surface area contributed by atoms with Crippen molar-refractivity contribution in [3.05, 3.63) is 48.6 Å². The topological polar surface area (TPSA) is 78.9 Å². The molecule has 396 valence electrons. The smallest absolute Gasteiger partial charge is 0.306 e. The van der Waals surface area contributed by atoms with Crippen molar-refractivity contribution < 1.29 is 28.6 Å². The zero-order valence-electron chi connectivity index (χ0n) is 45.4. The molecule has 0 bridgehead atoms. The van der Waals surface area contributed by atoms with E-state index < -0.39 is 6.10 Å². The number of allylic oxidation sites excluding steroid dienone is 8. The van der Waals surface area contributed by atoms with E-state index in [-0.39, 0.29) is 37.5 Å². The summed E-state index contributed by atoms with van der Waals surface area (Å²) in [7, 11) is 0. The molecule has 0 aliphatic rings. The van der Waals surface area contributed by atoms with Crippen LogP contribution < -0.4 is 0 Å². The number of hydrogen-bond acceptors (Lipinski definition) is 6. The highest BCUT2D eigenvalue weighted by Crippen LogP contribution is 2.17. The fraction of sp³-hybridized carbons (Fsp3) is 0.823. The van der Waals surface area contributed by atoms with Crippen LogP contribution in [0.4, 0.5) is 0 Å². The highest BCUT2D eigenvalue weighted by atomic mass is 16.6. The largest absolute Gasteiger partial charge is 0.462 e. The third-order valence-electron chi connectivity index (χ3n) is 13.1. The number of rotatable bonds is 54. The van der Waals surface area contributed by atoms with Gasteiger partial charge in [-0.1, -0.05) is 294 Å². The molecule has 68 heavy (non-hydrogen) atoms. The van der Waals surface area contributed by atoms with Crippen molar-refractivity contribution in [3.8, 4) is 0 Å². The molecule has 0 fully saturated rings. The lowest BCUT2D eigenvalue weighted by Gasteiger charge is -2.18. The Kier molecular flexibility index (Phi) is 54.8. The summed E-state index contributed by atoms with van der Waals surface area (Å²) in [6, 6.07) is 0. The van der Waals surface area contributed by atoms with E-state index in [0.717, 1.165) is 64.2 Å². The van der Waals surface area contributed by atoms with Crippen molar-refractivity contribution in [1.29, 1.82) is 0 Å². The second kappa shape index (κ2) is 57.0. The van der Waals surface area contributed by atoms with Gasteiger partial charge >= 0.3 is 17.9 Å². The Hall–Kier alpha value is -2.63. The predicted octanol–water partition coefficient (Wildman–Crippen LogP) is 19.8. The minimum absolute atomic E-state index is 0.0903. The van der Waals surface area contributed by atoms with Crippen LogP contribution in [-0.2, 0) is 28.6 Å². The number of hydrogen-bond donors (Lipinski definition) is 0. The molecule has 0 heterocycles. The van der Waals surface area contributed by atoms with Crippen molar-refractivity contribution in [2.75, 3.05) is 13.2 Å². The van der Waals surface area contributed by atoms with Crippen molar-refractivity contribution in [1.82, 2.24) is 0 Å². The van der Waals surface area contributed by atoms with Crippen molar-refractivity contribution in [3.63, 3.8) is 0 Å². The molecule has 0 spiro atoms. The van der Waals surface area contributed by atoms with E-state index in [0.29, 0.717) is 19.3 Å². The van der Waals surface area contributed by atoms with Crippen molar-refractivity contribution in [2.24, 2.45) is 0 Å². The molecule has 0 aliphatic carbocycles. The van der Waals surface area contributed by atoms with Crippen molar-refractivity contribution >= 4 is 17.9 Å². The van der Waals surface area contributed by atoms with Gasteiger partial charge in [-0.05, 0) is 44.9 Å². The second-order valence-electron chi connectivity index (χ2n) is 19.9. The fourth-order valence-corrected chi connectivity index (χ4v) is 8.69. The second-order valence-corrected chi connectivity index (χ2v) is 19.9. The first-order valence-electron chi connectivity index (χ1n) is 29.6. The van der Waals surface area contributed by atoms with Gasteiger partial charge in [0.1, 0.15) is 13.2 Å². The monoisotopic (exact) mass is 953 g/mol. The molecule has 0 saturated heterocycles. The molecule has 0 radical (unpaired) electrons. The van der Waals surface area contributed by atoms with Crippen LogP contribution in [0.5, 0.6) is 0 Å². The Labute approximate surface area is 422 Å². The SMILES string of the molecule is CC/C=C\C/C=C\C/C=C\C/C=C\CCC(=O)OCC(COC(=O)CCCCCCCCCCCCCCCCCCCCC)OC(=O)CCCCCCCCCCCCCCCCCCCC. The van der Waals surface area contributed by atoms with Crippen LogP contribution in [-0.4, -0.2) is 37.2 Å². The average molecular weight is 954 g/mol. The van der Waals surface area contributed by atoms with Gasteiger partial charge in [0.25, 0.3) is 0 Å². The third kappa shape index (κ3) is 54.3. The van der Waals surface area contributed by atoms with E-state index in [9.17, 15) is 14.4 Å². The maximum atomic E-state index is 12.9. The molecule has 0 saturated carbocycles. The van der Waals surface area contributed by atoms with Gasteiger partial charge in [0, 0.05) is 19.3 Å². The van der Waals surface area contributed by atoms with E-state index in [4.69, 9.17) is 14.2 Å². The minimum atomic E-state index is -0.798. The van der Waals surface area contributed by atoms with Gasteiger partial charge in [-0.15, -0.1) is 0 Å². The van der Waals surface area contributed by atoms with Gasteiger partial charge in [0.2, 0.25) is 0 Å². The lowest BCUT2D eigenvalue weighted by Crippen LogP contribution is -2.30. The maximum absolute atomic E-state index is 12.9. The van der Waals surface area contributed by atoms with Crippen LogP contribution >= 0.6 is 0 Å². The van der Waals surface area contributed by atoms with Gasteiger partial charge < -0.3 is 14.2 Å². The Morgan fingerprint density at radius 3 is 0.897 bits per heavy atom. The zero-order valence-corrected chi connectivity index (χ0v) is 45.4. The van der Waals surface area contributed by atoms with E-state index in [1.807, 2.05) is 6.08 Å². The molecule has 0 aliphatic heterocycles. The first kappa shape index (κ1) is 65.4. The normalized spacial score (nSPS) is 12.3. The fourth-order valence-electron chi connectivity index (χ4n) is 8.69. The van der Waals surface area contributed by atoms with Crippen molar-refractivity contribution in [2.45, 2.75) is 316 Å². The third-order valence-corrected chi connectivity index (χ3v) is 13.1. The first-order chi connectivity index (χ1) is 33.5. The van der Waals surface area contributed by atoms with Gasteiger partial charge in [0.15, 0.2) is 6.10 Å². The molecule has 0 rings (SSSR count). The first-order valence-corrected chi connectivity index (χ1v) is 29.6. The molecule has 0 N–H and O–H groups in total. The summed E-state index contributed by atoms with van der Waals surface area (Å²) in [5.41, 5.74) is 0. The van der Waals surface area contributed by atoms with Crippen LogP contribution in [0.1, 0.15) is 310 Å². The Bertz CT molecular complexity index is 1190. The summed E-state index contributed by atoms with van der Waals surface area (Å²) in [5.74, 6) is -0.957. The summed E-state index contributed by atoms with van der Waals surface area (Å²) in [6.45, 7) is 6.51. The molecular weight excluding hydrogens is 841 g/mol. The minimum Gasteiger partial charge on any atom is -0.462 e. The molecule has 0 aromatic carbocycles. The van der Waals surface area contributed by atoms with Crippen LogP contribution in [0.3, 0.4) is 0 Å². The standard InChI is InChI=1S/C62H112O6/c1-4-7-10-13-16-19-22-25-27-29-31-33-34-37-40-43-46-49-52-55-61(64)67-58-59(57-66-60(63)54-51-48-45-42-39-36-24-21-18-15-12-9-6-3)68-62(65)56-53-50-47-44-41-38-35-32-30-28-26-23-20-17-14-11-8-5-2/h9,12,18,21,36,39,45,48,59H,4-8,10-11,13-17,19-20,22-35,37-38,40-44,46-47,49-58H2,1-3H3/b12-9-,21-18-,39-36-,48-45-. The van der Waals surface area contributed by atoms with Crippen LogP contribution in [0, 0.1) is 0 Å². The molecule has 6 nitrogen and oxygen atoms in total. The Morgan fingerprint density at radius 2 is 0.574 bits per heavy atom. The van der Waals surface area contributed by atoms with Crippen LogP contribution in [0.25, 0.3) is 0 Å². The van der Waals surface area contributed by atoms with E-state index >= 15 is 0 Å². The Morgan fingerprint density at radius 1 is 0.309 bits per heavy atom. The molecule has 1 atom stereocenters. The van der Waals surface area contributed by atoms with Gasteiger partial charge in [-0.25, -0.2) is 0 Å². The zero-order chi connectivity index (χ0) is 49.3. The highest BCUT2D eigenvalue weighted by molar-refractivity contribution is 5.71. The van der Waals surface area contributed by atoms with Gasteiger partial charge in [-0.2, -0.15) is 0 Å². The lowest BCUT2D eigenvalue weighted by molar-refractivity contribution is -0.166. The summed E-state index contributed by atoms with van der Waals surface area (Å²) in [5, 5.41) is 0. The lowest BCUT2D eigenvalue weighted by atomic mass is 10.0. The maximum Gasteiger partial charge on any atom is 0.306 e. The van der Waals surface area contributed by atoms with E-state index in [2.05, 4.69) is 63.3 Å². The highest BCUT2D eigenvalue weighted by Gasteiger charge is 2.19. The molecule has 0 amide bonds. The van der Waals surface area contributed by atoms with Gasteiger partial charge in [0.05, 0.1) is 0 Å². The summed E-state index contributed by atoms with van der Waals surface area (Å²) < 4.78 is 16.8. The molecule has 6 heteroatoms. The number of esters is 3. The number of ether oxygens (including phenoxy) is 3. The molecular formula is C62H112O6. The number of unbranched alkanes of at least 4 members (excludes halogenated alkanes) is 35. The summed E-state index contributed by atoms with van der Waals surface area (Å²) >= 11 is 0. The molecule has 0 aromatic rings. The quantitative estimate of drug-likeness (QED) is 0.0262. The summed E-state index contributed by atoms with van der Waals surface area (Å²) in [6.07, 6.45) is 69.8. The Balaban J connectivity index is 4.35. The van der Waals surface area contributed by atoms with E-state index in [1.54, 1.807) is 0 Å². The van der Waals surface area contributed by atoms with Crippen LogP contribution in [0.2, 0.25) is 0 Å². The molecule has 1 unspecified atom stereocenters.